The van der Waals surface area contributed by atoms with E-state index in [4.69, 9.17) is 0 Å². The van der Waals surface area contributed by atoms with Crippen LogP contribution in [0.1, 0.15) is 19.3 Å². The largest absolute Gasteiger partial charge is 0.393 e. The van der Waals surface area contributed by atoms with Crippen LogP contribution in [0.25, 0.3) is 0 Å². The monoisotopic (exact) mass is 124 g/mol. The lowest BCUT2D eigenvalue weighted by atomic mass is 9.96. The van der Waals surface area contributed by atoms with Gasteiger partial charge in [-0.3, -0.25) is 0 Å². The van der Waals surface area contributed by atoms with Crippen LogP contribution in [0.5, 0.6) is 0 Å². The maximum absolute atomic E-state index is 9.35. The van der Waals surface area contributed by atoms with Crippen molar-refractivity contribution in [2.24, 2.45) is 11.8 Å². The Labute approximate surface area is 55.4 Å². The van der Waals surface area contributed by atoms with Crippen molar-refractivity contribution in [3.05, 3.63) is 12.2 Å². The molecule has 9 heavy (non-hydrogen) atoms. The summed E-state index contributed by atoms with van der Waals surface area (Å²) in [4.78, 5) is 0. The Hall–Kier alpha value is -0.300. The molecule has 0 aromatic heterocycles. The topological polar surface area (TPSA) is 20.2 Å². The molecule has 2 rings (SSSR count). The summed E-state index contributed by atoms with van der Waals surface area (Å²) in [6, 6.07) is 0. The number of hydrogen-bond donors (Lipinski definition) is 1. The molecule has 0 amide bonds. The Morgan fingerprint density at radius 1 is 1.33 bits per heavy atom. The number of rotatable bonds is 0. The first-order valence-corrected chi connectivity index (χ1v) is 3.71. The molecule has 3 atom stereocenters. The van der Waals surface area contributed by atoms with Crippen LogP contribution in [0.4, 0.5) is 0 Å². The summed E-state index contributed by atoms with van der Waals surface area (Å²) in [5.74, 6) is 1.30. The fraction of sp³-hybridized carbons (Fsp3) is 0.750. The quantitative estimate of drug-likeness (QED) is 0.483. The van der Waals surface area contributed by atoms with E-state index in [-0.39, 0.29) is 6.10 Å². The van der Waals surface area contributed by atoms with Gasteiger partial charge >= 0.3 is 0 Å². The third kappa shape index (κ3) is 0.799. The highest BCUT2D eigenvalue weighted by Gasteiger charge is 2.32. The molecular formula is C8H12O. The minimum atomic E-state index is -0.0197. The lowest BCUT2D eigenvalue weighted by Crippen LogP contribution is -2.09. The summed E-state index contributed by atoms with van der Waals surface area (Å²) in [6.07, 6.45) is 7.85. The van der Waals surface area contributed by atoms with Crippen LogP contribution in [0, 0.1) is 11.8 Å². The van der Waals surface area contributed by atoms with E-state index in [0.29, 0.717) is 5.92 Å². The summed E-state index contributed by atoms with van der Waals surface area (Å²) in [5, 5.41) is 9.35. The van der Waals surface area contributed by atoms with E-state index >= 15 is 0 Å². The van der Waals surface area contributed by atoms with Gasteiger partial charge in [0.15, 0.2) is 0 Å². The number of hydrogen-bond acceptors (Lipinski definition) is 1. The third-order valence-corrected chi connectivity index (χ3v) is 2.53. The second kappa shape index (κ2) is 1.84. The fourth-order valence-corrected chi connectivity index (χ4v) is 2.00. The van der Waals surface area contributed by atoms with E-state index in [1.807, 2.05) is 0 Å². The van der Waals surface area contributed by atoms with E-state index in [1.165, 1.54) is 12.8 Å². The van der Waals surface area contributed by atoms with Gasteiger partial charge in [0.1, 0.15) is 0 Å². The van der Waals surface area contributed by atoms with E-state index < -0.39 is 0 Å². The van der Waals surface area contributed by atoms with Crippen molar-refractivity contribution >= 4 is 0 Å². The predicted octanol–water partition coefficient (Wildman–Crippen LogP) is 1.33. The summed E-state index contributed by atoms with van der Waals surface area (Å²) in [7, 11) is 0. The summed E-state index contributed by atoms with van der Waals surface area (Å²) in [6.45, 7) is 0. The zero-order valence-corrected chi connectivity index (χ0v) is 5.46. The van der Waals surface area contributed by atoms with Crippen molar-refractivity contribution in [3.8, 4) is 0 Å². The van der Waals surface area contributed by atoms with Crippen LogP contribution in [-0.4, -0.2) is 11.2 Å². The Kier molecular flexibility index (Phi) is 1.12. The molecule has 0 unspecified atom stereocenters. The van der Waals surface area contributed by atoms with Gasteiger partial charge < -0.3 is 5.11 Å². The highest BCUT2D eigenvalue weighted by molar-refractivity contribution is 5.04. The van der Waals surface area contributed by atoms with Gasteiger partial charge in [0.25, 0.3) is 0 Å². The molecule has 0 heterocycles. The summed E-state index contributed by atoms with van der Waals surface area (Å²) < 4.78 is 0. The molecule has 2 aliphatic carbocycles. The first-order chi connectivity index (χ1) is 4.36. The molecular weight excluding hydrogens is 112 g/mol. The molecule has 2 aliphatic rings. The van der Waals surface area contributed by atoms with Gasteiger partial charge in [-0.25, -0.2) is 0 Å². The molecule has 0 saturated heterocycles. The minimum absolute atomic E-state index is 0.0197. The molecule has 1 nitrogen and oxygen atoms in total. The average molecular weight is 124 g/mol. The SMILES string of the molecule is O[C@@H]1C[C@H]2CC=C[C@@H]1C2. The smallest absolute Gasteiger partial charge is 0.0605 e. The molecule has 0 aromatic carbocycles. The van der Waals surface area contributed by atoms with Crippen molar-refractivity contribution in [1.82, 2.24) is 0 Å². The number of allylic oxidation sites excluding steroid dienone is 1. The van der Waals surface area contributed by atoms with E-state index in [2.05, 4.69) is 12.2 Å². The Balaban J connectivity index is 2.18. The summed E-state index contributed by atoms with van der Waals surface area (Å²) >= 11 is 0. The van der Waals surface area contributed by atoms with Gasteiger partial charge in [-0.2, -0.15) is 0 Å². The average Bonchev–Trinajstić information content (AvgIpc) is 2.09. The van der Waals surface area contributed by atoms with Crippen LogP contribution in [-0.2, 0) is 0 Å². The molecule has 2 bridgehead atoms. The van der Waals surface area contributed by atoms with Gasteiger partial charge in [0, 0.05) is 5.92 Å². The number of aliphatic hydroxyl groups is 1. The predicted molar refractivity (Wildman–Crippen MR) is 36.0 cm³/mol. The molecule has 0 radical (unpaired) electrons. The van der Waals surface area contributed by atoms with Crippen molar-refractivity contribution in [2.45, 2.75) is 25.4 Å². The van der Waals surface area contributed by atoms with Crippen LogP contribution < -0.4 is 0 Å². The minimum Gasteiger partial charge on any atom is -0.393 e. The highest BCUT2D eigenvalue weighted by Crippen LogP contribution is 2.37. The zero-order valence-electron chi connectivity index (χ0n) is 5.46. The van der Waals surface area contributed by atoms with E-state index in [9.17, 15) is 5.11 Å². The van der Waals surface area contributed by atoms with Crippen molar-refractivity contribution in [3.63, 3.8) is 0 Å². The van der Waals surface area contributed by atoms with Crippen LogP contribution in [0.3, 0.4) is 0 Å². The van der Waals surface area contributed by atoms with Crippen LogP contribution in [0.15, 0.2) is 12.2 Å². The zero-order chi connectivity index (χ0) is 6.27. The molecule has 1 N–H and O–H groups in total. The maximum atomic E-state index is 9.35. The second-order valence-corrected chi connectivity index (χ2v) is 3.23. The second-order valence-electron chi connectivity index (χ2n) is 3.23. The molecule has 1 saturated carbocycles. The summed E-state index contributed by atoms with van der Waals surface area (Å²) in [5.41, 5.74) is 0. The van der Waals surface area contributed by atoms with Gasteiger partial charge in [-0.05, 0) is 25.2 Å². The van der Waals surface area contributed by atoms with E-state index in [1.54, 1.807) is 0 Å². The molecule has 1 heteroatoms. The Bertz CT molecular complexity index is 140. The molecule has 0 aliphatic heterocycles. The molecule has 0 spiro atoms. The normalized spacial score (nSPS) is 47.9. The van der Waals surface area contributed by atoms with Crippen molar-refractivity contribution in [1.29, 1.82) is 0 Å². The number of aliphatic hydroxyl groups excluding tert-OH is 1. The first-order valence-electron chi connectivity index (χ1n) is 3.71. The number of fused-ring (bicyclic) bond motifs is 2. The standard InChI is InChI=1S/C8H12O/c9-8-5-6-2-1-3-7(8)4-6/h1,3,6-9H,2,4-5H2/t6-,7+,8+/m0/s1. The van der Waals surface area contributed by atoms with Gasteiger partial charge in [0.05, 0.1) is 6.10 Å². The van der Waals surface area contributed by atoms with Gasteiger partial charge in [-0.1, -0.05) is 12.2 Å². The maximum Gasteiger partial charge on any atom is 0.0605 e. The Morgan fingerprint density at radius 3 is 2.89 bits per heavy atom. The van der Waals surface area contributed by atoms with E-state index in [0.717, 1.165) is 12.3 Å². The highest BCUT2D eigenvalue weighted by atomic mass is 16.3. The first kappa shape index (κ1) is 5.48. The van der Waals surface area contributed by atoms with Crippen LogP contribution >= 0.6 is 0 Å². The third-order valence-electron chi connectivity index (χ3n) is 2.53. The van der Waals surface area contributed by atoms with Gasteiger partial charge in [0.2, 0.25) is 0 Å². The Morgan fingerprint density at radius 2 is 2.22 bits per heavy atom. The van der Waals surface area contributed by atoms with Crippen LogP contribution in [0.2, 0.25) is 0 Å². The molecule has 0 aromatic rings. The van der Waals surface area contributed by atoms with Crippen molar-refractivity contribution < 1.29 is 5.11 Å². The van der Waals surface area contributed by atoms with Gasteiger partial charge in [-0.15, -0.1) is 0 Å². The lowest BCUT2D eigenvalue weighted by Gasteiger charge is -2.11. The molecule has 1 fully saturated rings. The van der Waals surface area contributed by atoms with Crippen molar-refractivity contribution in [2.75, 3.05) is 0 Å². The molecule has 50 valence electrons. The fourth-order valence-electron chi connectivity index (χ4n) is 2.00. The lowest BCUT2D eigenvalue weighted by molar-refractivity contribution is 0.152.